The van der Waals surface area contributed by atoms with Gasteiger partial charge in [0.05, 0.1) is 6.42 Å². The lowest BCUT2D eigenvalue weighted by molar-refractivity contribution is -0.172. The third-order valence-corrected chi connectivity index (χ3v) is 1.62. The van der Waals surface area contributed by atoms with Crippen LogP contribution < -0.4 is 0 Å². The summed E-state index contributed by atoms with van der Waals surface area (Å²) < 4.78 is 0. The van der Waals surface area contributed by atoms with Gasteiger partial charge in [-0.1, -0.05) is 6.92 Å². The second kappa shape index (κ2) is 3.69. The van der Waals surface area contributed by atoms with Crippen molar-refractivity contribution in [1.29, 1.82) is 0 Å². The summed E-state index contributed by atoms with van der Waals surface area (Å²) in [5.74, 6) is -0.00367. The molecule has 4 nitrogen and oxygen atoms in total. The van der Waals surface area contributed by atoms with Gasteiger partial charge in [-0.25, -0.2) is 0 Å². The zero-order chi connectivity index (χ0) is 8.27. The first kappa shape index (κ1) is 8.49. The van der Waals surface area contributed by atoms with E-state index in [0.29, 0.717) is 19.5 Å². The largest absolute Gasteiger partial charge is 0.396 e. The fraction of sp³-hybridized carbons (Fsp3) is 0.857. The first-order valence-electron chi connectivity index (χ1n) is 3.79. The van der Waals surface area contributed by atoms with Gasteiger partial charge in [0, 0.05) is 19.7 Å². The molecule has 0 radical (unpaired) electrons. The SMILES string of the molecule is CC(CO)CN1CCC(=O)O1. The van der Waals surface area contributed by atoms with E-state index in [4.69, 9.17) is 9.94 Å². The maximum atomic E-state index is 10.6. The standard InChI is InChI=1S/C7H13NO3/c1-6(5-9)4-8-3-2-7(10)11-8/h6,9H,2-5H2,1H3. The van der Waals surface area contributed by atoms with Crippen molar-refractivity contribution in [2.45, 2.75) is 13.3 Å². The smallest absolute Gasteiger partial charge is 0.326 e. The maximum absolute atomic E-state index is 10.6. The van der Waals surface area contributed by atoms with Gasteiger partial charge in [-0.3, -0.25) is 4.79 Å². The monoisotopic (exact) mass is 159 g/mol. The van der Waals surface area contributed by atoms with Gasteiger partial charge in [-0.15, -0.1) is 5.06 Å². The minimum absolute atomic E-state index is 0.133. The first-order valence-corrected chi connectivity index (χ1v) is 3.79. The van der Waals surface area contributed by atoms with Crippen LogP contribution in [0.2, 0.25) is 0 Å². The highest BCUT2D eigenvalue weighted by molar-refractivity contribution is 5.70. The Balaban J connectivity index is 2.22. The van der Waals surface area contributed by atoms with E-state index in [1.807, 2.05) is 6.92 Å². The first-order chi connectivity index (χ1) is 5.22. The van der Waals surface area contributed by atoms with Crippen molar-refractivity contribution >= 4 is 5.97 Å². The van der Waals surface area contributed by atoms with Crippen LogP contribution in [-0.4, -0.2) is 35.8 Å². The molecule has 1 rings (SSSR count). The quantitative estimate of drug-likeness (QED) is 0.618. The van der Waals surface area contributed by atoms with E-state index < -0.39 is 0 Å². The normalized spacial score (nSPS) is 21.8. The summed E-state index contributed by atoms with van der Waals surface area (Å²) in [6.45, 7) is 3.33. The van der Waals surface area contributed by atoms with Crippen molar-refractivity contribution in [3.05, 3.63) is 0 Å². The van der Waals surface area contributed by atoms with E-state index in [9.17, 15) is 4.79 Å². The van der Waals surface area contributed by atoms with E-state index in [1.165, 1.54) is 0 Å². The number of nitrogens with zero attached hydrogens (tertiary/aromatic N) is 1. The molecule has 4 heteroatoms. The van der Waals surface area contributed by atoms with Crippen molar-refractivity contribution in [2.24, 2.45) is 5.92 Å². The van der Waals surface area contributed by atoms with E-state index in [2.05, 4.69) is 0 Å². The number of hydroxylamine groups is 2. The van der Waals surface area contributed by atoms with Crippen LogP contribution in [0.5, 0.6) is 0 Å². The Hall–Kier alpha value is -0.610. The van der Waals surface area contributed by atoms with Crippen molar-refractivity contribution in [3.63, 3.8) is 0 Å². The maximum Gasteiger partial charge on any atom is 0.326 e. The molecular formula is C7H13NO3. The molecule has 0 aromatic heterocycles. The zero-order valence-corrected chi connectivity index (χ0v) is 6.62. The molecular weight excluding hydrogens is 146 g/mol. The molecule has 0 bridgehead atoms. The molecule has 0 aromatic rings. The Kier molecular flexibility index (Phi) is 2.84. The van der Waals surface area contributed by atoms with Crippen LogP contribution in [0.25, 0.3) is 0 Å². The molecule has 1 saturated heterocycles. The Labute approximate surface area is 65.7 Å². The third kappa shape index (κ3) is 2.48. The van der Waals surface area contributed by atoms with Gasteiger partial charge in [-0.2, -0.15) is 0 Å². The molecule has 1 aliphatic heterocycles. The second-order valence-electron chi connectivity index (χ2n) is 2.89. The molecule has 1 unspecified atom stereocenters. The molecule has 11 heavy (non-hydrogen) atoms. The zero-order valence-electron chi connectivity index (χ0n) is 6.62. The van der Waals surface area contributed by atoms with Crippen molar-refractivity contribution in [2.75, 3.05) is 19.7 Å². The summed E-state index contributed by atoms with van der Waals surface area (Å²) in [6.07, 6.45) is 0.470. The van der Waals surface area contributed by atoms with Crippen LogP contribution in [0, 0.1) is 5.92 Å². The topological polar surface area (TPSA) is 49.8 Å². The third-order valence-electron chi connectivity index (χ3n) is 1.62. The molecule has 0 amide bonds. The predicted octanol–water partition coefficient (Wildman–Crippen LogP) is -0.221. The predicted molar refractivity (Wildman–Crippen MR) is 38.5 cm³/mol. The van der Waals surface area contributed by atoms with Crippen molar-refractivity contribution < 1.29 is 14.7 Å². The van der Waals surface area contributed by atoms with E-state index in [0.717, 1.165) is 0 Å². The van der Waals surface area contributed by atoms with Gasteiger partial charge < -0.3 is 9.94 Å². The number of rotatable bonds is 3. The van der Waals surface area contributed by atoms with Crippen molar-refractivity contribution in [3.8, 4) is 0 Å². The van der Waals surface area contributed by atoms with E-state index in [-0.39, 0.29) is 18.5 Å². The fourth-order valence-electron chi connectivity index (χ4n) is 0.985. The highest BCUT2D eigenvalue weighted by atomic mass is 16.7. The second-order valence-corrected chi connectivity index (χ2v) is 2.89. The average Bonchev–Trinajstić information content (AvgIpc) is 2.35. The number of aliphatic hydroxyl groups excluding tert-OH is 1. The van der Waals surface area contributed by atoms with Crippen LogP contribution in [0.4, 0.5) is 0 Å². The lowest BCUT2D eigenvalue weighted by Gasteiger charge is -2.15. The van der Waals surface area contributed by atoms with Crippen LogP contribution in [0.3, 0.4) is 0 Å². The number of hydrogen-bond acceptors (Lipinski definition) is 4. The van der Waals surface area contributed by atoms with Gasteiger partial charge >= 0.3 is 5.97 Å². The molecule has 1 N–H and O–H groups in total. The number of carbonyl (C=O) groups is 1. The minimum Gasteiger partial charge on any atom is -0.396 e. The molecule has 1 heterocycles. The molecule has 1 aliphatic rings. The van der Waals surface area contributed by atoms with Gasteiger partial charge in [0.2, 0.25) is 0 Å². The molecule has 0 saturated carbocycles. The van der Waals surface area contributed by atoms with E-state index in [1.54, 1.807) is 5.06 Å². The summed E-state index contributed by atoms with van der Waals surface area (Å²) in [4.78, 5) is 15.4. The summed E-state index contributed by atoms with van der Waals surface area (Å²) in [5.41, 5.74) is 0. The van der Waals surface area contributed by atoms with Crippen LogP contribution in [0.15, 0.2) is 0 Å². The summed E-state index contributed by atoms with van der Waals surface area (Å²) >= 11 is 0. The molecule has 1 fully saturated rings. The number of carbonyl (C=O) groups excluding carboxylic acids is 1. The minimum atomic E-state index is -0.171. The van der Waals surface area contributed by atoms with Gasteiger partial charge in [0.25, 0.3) is 0 Å². The highest BCUT2D eigenvalue weighted by Gasteiger charge is 2.22. The highest BCUT2D eigenvalue weighted by Crippen LogP contribution is 2.08. The van der Waals surface area contributed by atoms with Gasteiger partial charge in [0.1, 0.15) is 0 Å². The molecule has 0 spiro atoms. The fourth-order valence-corrected chi connectivity index (χ4v) is 0.985. The van der Waals surface area contributed by atoms with E-state index >= 15 is 0 Å². The Morgan fingerprint density at radius 1 is 1.82 bits per heavy atom. The lowest BCUT2D eigenvalue weighted by Crippen LogP contribution is -2.26. The molecule has 0 aliphatic carbocycles. The van der Waals surface area contributed by atoms with Gasteiger partial charge in [0.15, 0.2) is 0 Å². The number of aliphatic hydroxyl groups is 1. The Bertz CT molecular complexity index is 149. The van der Waals surface area contributed by atoms with Crippen LogP contribution in [0.1, 0.15) is 13.3 Å². The molecule has 64 valence electrons. The Morgan fingerprint density at radius 3 is 3.00 bits per heavy atom. The van der Waals surface area contributed by atoms with Crippen LogP contribution in [-0.2, 0) is 9.63 Å². The molecule has 0 aromatic carbocycles. The summed E-state index contributed by atoms with van der Waals surface area (Å²) in [5, 5.41) is 10.3. The van der Waals surface area contributed by atoms with Crippen LogP contribution >= 0.6 is 0 Å². The summed E-state index contributed by atoms with van der Waals surface area (Å²) in [7, 11) is 0. The molecule has 1 atom stereocenters. The lowest BCUT2D eigenvalue weighted by atomic mass is 10.2. The Morgan fingerprint density at radius 2 is 2.55 bits per heavy atom. The van der Waals surface area contributed by atoms with Gasteiger partial charge in [-0.05, 0) is 5.92 Å². The van der Waals surface area contributed by atoms with Crippen molar-refractivity contribution in [1.82, 2.24) is 5.06 Å². The average molecular weight is 159 g/mol. The number of hydrogen-bond donors (Lipinski definition) is 1. The summed E-state index contributed by atoms with van der Waals surface area (Å²) in [6, 6.07) is 0.